The topological polar surface area (TPSA) is 82.8 Å². The molecular weight excluding hydrogens is 194 g/mol. The van der Waals surface area contributed by atoms with Gasteiger partial charge in [0.25, 0.3) is 0 Å². The Morgan fingerprint density at radius 3 is 2.93 bits per heavy atom. The van der Waals surface area contributed by atoms with Gasteiger partial charge in [0.05, 0.1) is 0 Å². The van der Waals surface area contributed by atoms with Crippen LogP contribution in [0.4, 0.5) is 5.82 Å². The van der Waals surface area contributed by atoms with E-state index in [1.54, 1.807) is 17.8 Å². The molecule has 0 saturated carbocycles. The molecule has 0 aromatic carbocycles. The number of aryl methyl sites for hydroxylation is 2. The quantitative estimate of drug-likeness (QED) is 0.811. The highest BCUT2D eigenvalue weighted by molar-refractivity contribution is 5.54. The van der Waals surface area contributed by atoms with Crippen LogP contribution in [0.25, 0.3) is 11.5 Å². The van der Waals surface area contributed by atoms with Gasteiger partial charge in [-0.2, -0.15) is 10.1 Å². The highest BCUT2D eigenvalue weighted by Gasteiger charge is 2.12. The number of anilines is 1. The Labute approximate surface area is 87.1 Å². The normalized spacial score (nSPS) is 10.8. The molecular formula is C9H13N5O. The van der Waals surface area contributed by atoms with Crippen molar-refractivity contribution in [1.29, 1.82) is 0 Å². The molecule has 0 atom stereocenters. The van der Waals surface area contributed by atoms with Gasteiger partial charge in [0.2, 0.25) is 11.7 Å². The molecule has 2 heterocycles. The van der Waals surface area contributed by atoms with Gasteiger partial charge in [0.1, 0.15) is 11.5 Å². The zero-order chi connectivity index (χ0) is 10.8. The van der Waals surface area contributed by atoms with Crippen LogP contribution in [0.5, 0.6) is 0 Å². The van der Waals surface area contributed by atoms with Gasteiger partial charge in [-0.3, -0.25) is 4.68 Å². The third-order valence-electron chi connectivity index (χ3n) is 2.06. The van der Waals surface area contributed by atoms with E-state index >= 15 is 0 Å². The van der Waals surface area contributed by atoms with Gasteiger partial charge in [-0.1, -0.05) is 12.1 Å². The van der Waals surface area contributed by atoms with Gasteiger partial charge in [-0.25, -0.2) is 0 Å². The molecule has 2 aromatic rings. The van der Waals surface area contributed by atoms with Crippen LogP contribution in [0.1, 0.15) is 19.2 Å². The van der Waals surface area contributed by atoms with Crippen LogP contribution < -0.4 is 5.73 Å². The van der Waals surface area contributed by atoms with Crippen molar-refractivity contribution in [1.82, 2.24) is 19.9 Å². The Bertz CT molecular complexity index is 459. The first-order valence-corrected chi connectivity index (χ1v) is 4.83. The summed E-state index contributed by atoms with van der Waals surface area (Å²) >= 11 is 0. The number of hydrogen-bond donors (Lipinski definition) is 1. The van der Waals surface area contributed by atoms with Gasteiger partial charge < -0.3 is 10.3 Å². The Morgan fingerprint density at radius 2 is 2.33 bits per heavy atom. The number of nitrogens with two attached hydrogens (primary N) is 1. The Hall–Kier alpha value is -1.85. The fraction of sp³-hybridized carbons (Fsp3) is 0.444. The van der Waals surface area contributed by atoms with Crippen molar-refractivity contribution in [3.63, 3.8) is 0 Å². The van der Waals surface area contributed by atoms with Crippen molar-refractivity contribution in [2.75, 3.05) is 5.73 Å². The predicted molar refractivity (Wildman–Crippen MR) is 54.9 cm³/mol. The molecule has 15 heavy (non-hydrogen) atoms. The van der Waals surface area contributed by atoms with E-state index in [4.69, 9.17) is 10.3 Å². The van der Waals surface area contributed by atoms with E-state index in [1.165, 1.54) is 0 Å². The molecule has 80 valence electrons. The first kappa shape index (κ1) is 9.70. The number of hydrogen-bond acceptors (Lipinski definition) is 5. The highest BCUT2D eigenvalue weighted by Crippen LogP contribution is 2.17. The molecule has 0 aliphatic carbocycles. The summed E-state index contributed by atoms with van der Waals surface area (Å²) in [5.41, 5.74) is 6.33. The maximum atomic E-state index is 5.56. The summed E-state index contributed by atoms with van der Waals surface area (Å²) in [6.07, 6.45) is 1.77. The lowest BCUT2D eigenvalue weighted by Gasteiger charge is -1.92. The Kier molecular flexibility index (Phi) is 2.40. The van der Waals surface area contributed by atoms with Gasteiger partial charge >= 0.3 is 0 Å². The average molecular weight is 207 g/mol. The van der Waals surface area contributed by atoms with E-state index < -0.39 is 0 Å². The smallest absolute Gasteiger partial charge is 0.226 e. The number of rotatable bonds is 3. The van der Waals surface area contributed by atoms with Gasteiger partial charge in [-0.15, -0.1) is 0 Å². The standard InChI is InChI=1S/C9H13N5O/c1-3-4-8-11-9(13-15-8)6-5-7(10)12-14(6)2/h5H,3-4H2,1-2H3,(H2,10,12). The maximum absolute atomic E-state index is 5.56. The zero-order valence-corrected chi connectivity index (χ0v) is 8.77. The number of aromatic nitrogens is 4. The second-order valence-corrected chi connectivity index (χ2v) is 3.34. The van der Waals surface area contributed by atoms with Crippen molar-refractivity contribution in [2.45, 2.75) is 19.8 Å². The highest BCUT2D eigenvalue weighted by atomic mass is 16.5. The summed E-state index contributed by atoms with van der Waals surface area (Å²) in [5, 5.41) is 7.89. The van der Waals surface area contributed by atoms with Crippen molar-refractivity contribution in [2.24, 2.45) is 7.05 Å². The Morgan fingerprint density at radius 1 is 1.53 bits per heavy atom. The molecule has 2 aromatic heterocycles. The third kappa shape index (κ3) is 1.83. The molecule has 0 unspecified atom stereocenters. The van der Waals surface area contributed by atoms with Gasteiger partial charge in [0, 0.05) is 19.5 Å². The largest absolute Gasteiger partial charge is 0.382 e. The minimum absolute atomic E-state index is 0.453. The fourth-order valence-corrected chi connectivity index (χ4v) is 1.37. The number of nitrogens with zero attached hydrogens (tertiary/aromatic N) is 4. The summed E-state index contributed by atoms with van der Waals surface area (Å²) in [6.45, 7) is 2.06. The first-order chi connectivity index (χ1) is 7.20. The maximum Gasteiger partial charge on any atom is 0.226 e. The Balaban J connectivity index is 2.32. The molecule has 0 bridgehead atoms. The average Bonchev–Trinajstić information content (AvgIpc) is 2.73. The van der Waals surface area contributed by atoms with Gasteiger partial charge in [0.15, 0.2) is 0 Å². The summed E-state index contributed by atoms with van der Waals surface area (Å²) in [4.78, 5) is 4.25. The van der Waals surface area contributed by atoms with Crippen molar-refractivity contribution >= 4 is 5.82 Å². The van der Waals surface area contributed by atoms with Crippen molar-refractivity contribution in [3.8, 4) is 11.5 Å². The van der Waals surface area contributed by atoms with Crippen molar-refractivity contribution < 1.29 is 4.52 Å². The predicted octanol–water partition coefficient (Wildman–Crippen LogP) is 1.00. The lowest BCUT2D eigenvalue weighted by atomic mass is 10.3. The van der Waals surface area contributed by atoms with Crippen LogP contribution in [0.15, 0.2) is 10.6 Å². The molecule has 0 saturated heterocycles. The van der Waals surface area contributed by atoms with Crippen LogP contribution >= 0.6 is 0 Å². The van der Waals surface area contributed by atoms with E-state index in [0.717, 1.165) is 18.5 Å². The molecule has 6 nitrogen and oxygen atoms in total. The van der Waals surface area contributed by atoms with Crippen LogP contribution in [0, 0.1) is 0 Å². The monoisotopic (exact) mass is 207 g/mol. The molecule has 0 spiro atoms. The van der Waals surface area contributed by atoms with Crippen LogP contribution in [-0.4, -0.2) is 19.9 Å². The molecule has 0 fully saturated rings. The molecule has 2 rings (SSSR count). The minimum Gasteiger partial charge on any atom is -0.382 e. The SMILES string of the molecule is CCCc1nc(-c2cc(N)nn2C)no1. The molecule has 0 aliphatic heterocycles. The molecule has 6 heteroatoms. The summed E-state index contributed by atoms with van der Waals surface area (Å²) in [7, 11) is 1.79. The molecule has 0 aliphatic rings. The van der Waals surface area contributed by atoms with E-state index in [0.29, 0.717) is 17.5 Å². The lowest BCUT2D eigenvalue weighted by molar-refractivity contribution is 0.377. The van der Waals surface area contributed by atoms with Crippen LogP contribution in [0.3, 0.4) is 0 Å². The molecule has 0 radical (unpaired) electrons. The van der Waals surface area contributed by atoms with Gasteiger partial charge in [-0.05, 0) is 6.42 Å². The van der Waals surface area contributed by atoms with Crippen LogP contribution in [0.2, 0.25) is 0 Å². The van der Waals surface area contributed by atoms with Crippen LogP contribution in [-0.2, 0) is 13.5 Å². The van der Waals surface area contributed by atoms with E-state index in [9.17, 15) is 0 Å². The summed E-state index contributed by atoms with van der Waals surface area (Å²) < 4.78 is 6.72. The van der Waals surface area contributed by atoms with E-state index in [-0.39, 0.29) is 0 Å². The molecule has 0 amide bonds. The number of nitrogen functional groups attached to an aromatic ring is 1. The van der Waals surface area contributed by atoms with E-state index in [2.05, 4.69) is 22.2 Å². The fourth-order valence-electron chi connectivity index (χ4n) is 1.37. The van der Waals surface area contributed by atoms with E-state index in [1.807, 2.05) is 0 Å². The molecule has 2 N–H and O–H groups in total. The second kappa shape index (κ2) is 3.72. The first-order valence-electron chi connectivity index (χ1n) is 4.83. The third-order valence-corrected chi connectivity index (χ3v) is 2.06. The summed E-state index contributed by atoms with van der Waals surface area (Å²) in [5.74, 6) is 1.63. The second-order valence-electron chi connectivity index (χ2n) is 3.34. The minimum atomic E-state index is 0.453. The summed E-state index contributed by atoms with van der Waals surface area (Å²) in [6, 6.07) is 1.72. The zero-order valence-electron chi connectivity index (χ0n) is 8.77. The lowest BCUT2D eigenvalue weighted by Crippen LogP contribution is -1.95. The van der Waals surface area contributed by atoms with Crippen molar-refractivity contribution in [3.05, 3.63) is 12.0 Å².